The predicted molar refractivity (Wildman–Crippen MR) is 54.3 cm³/mol. The number of aromatic nitrogens is 3. The Hall–Kier alpha value is -1.13. The highest BCUT2D eigenvalue weighted by atomic mass is 35.5. The summed E-state index contributed by atoms with van der Waals surface area (Å²) in [6.07, 6.45) is 2.24. The minimum Gasteiger partial charge on any atom is -0.396 e. The molecule has 0 spiro atoms. The molecule has 0 fully saturated rings. The predicted octanol–water partition coefficient (Wildman–Crippen LogP) is 1.16. The Morgan fingerprint density at radius 2 is 2.36 bits per heavy atom. The summed E-state index contributed by atoms with van der Waals surface area (Å²) >= 11 is 5.84. The number of fused-ring (bicyclic) bond motifs is 1. The Morgan fingerprint density at radius 1 is 1.57 bits per heavy atom. The van der Waals surface area contributed by atoms with Crippen LogP contribution in [0.5, 0.6) is 0 Å². The van der Waals surface area contributed by atoms with Crippen LogP contribution >= 0.6 is 11.6 Å². The Balaban J connectivity index is 2.70. The average molecular weight is 212 g/mol. The lowest BCUT2D eigenvalue weighted by atomic mass is 10.2. The number of hydrogen-bond acceptors (Lipinski definition) is 3. The molecule has 2 heterocycles. The van der Waals surface area contributed by atoms with E-state index in [1.165, 1.54) is 0 Å². The Bertz CT molecular complexity index is 466. The van der Waals surface area contributed by atoms with Gasteiger partial charge in [-0.05, 0) is 6.07 Å². The van der Waals surface area contributed by atoms with Crippen LogP contribution in [-0.2, 0) is 13.5 Å². The quantitative estimate of drug-likeness (QED) is 0.759. The van der Waals surface area contributed by atoms with E-state index < -0.39 is 0 Å². The molecule has 4 nitrogen and oxygen atoms in total. The fraction of sp³-hybridized carbons (Fsp3) is 0.333. The smallest absolute Gasteiger partial charge is 0.130 e. The van der Waals surface area contributed by atoms with Gasteiger partial charge in [0.05, 0.1) is 17.4 Å². The molecule has 2 rings (SSSR count). The van der Waals surface area contributed by atoms with Gasteiger partial charge in [0.25, 0.3) is 0 Å². The molecule has 0 aliphatic rings. The van der Waals surface area contributed by atoms with E-state index in [-0.39, 0.29) is 6.61 Å². The first-order valence-corrected chi connectivity index (χ1v) is 4.68. The number of pyridine rings is 1. The third kappa shape index (κ3) is 1.47. The highest BCUT2D eigenvalue weighted by Gasteiger charge is 2.08. The zero-order chi connectivity index (χ0) is 10.1. The molecule has 74 valence electrons. The van der Waals surface area contributed by atoms with Crippen molar-refractivity contribution < 1.29 is 5.11 Å². The third-order valence-electron chi connectivity index (χ3n) is 2.11. The van der Waals surface area contributed by atoms with Gasteiger partial charge in [-0.3, -0.25) is 4.68 Å². The summed E-state index contributed by atoms with van der Waals surface area (Å²) in [6.45, 7) is 0.0631. The zero-order valence-corrected chi connectivity index (χ0v) is 8.49. The first kappa shape index (κ1) is 9.43. The van der Waals surface area contributed by atoms with Crippen molar-refractivity contribution in [3.8, 4) is 0 Å². The van der Waals surface area contributed by atoms with Crippen LogP contribution in [0.1, 0.15) is 5.69 Å². The monoisotopic (exact) mass is 211 g/mol. The second-order valence-corrected chi connectivity index (χ2v) is 3.46. The number of rotatable bonds is 2. The third-order valence-corrected chi connectivity index (χ3v) is 2.30. The number of aryl methyl sites for hydroxylation is 1. The van der Waals surface area contributed by atoms with Crippen LogP contribution in [0.2, 0.25) is 5.15 Å². The maximum Gasteiger partial charge on any atom is 0.130 e. The van der Waals surface area contributed by atoms with Crippen LogP contribution in [0, 0.1) is 0 Å². The largest absolute Gasteiger partial charge is 0.396 e. The lowest BCUT2D eigenvalue weighted by Crippen LogP contribution is -2.00. The van der Waals surface area contributed by atoms with Crippen molar-refractivity contribution in [1.82, 2.24) is 14.8 Å². The fourth-order valence-electron chi connectivity index (χ4n) is 1.54. The summed E-state index contributed by atoms with van der Waals surface area (Å²) in [7, 11) is 1.85. The summed E-state index contributed by atoms with van der Waals surface area (Å²) < 4.78 is 1.74. The van der Waals surface area contributed by atoms with E-state index in [4.69, 9.17) is 16.7 Å². The molecule has 0 amide bonds. The van der Waals surface area contributed by atoms with Crippen molar-refractivity contribution in [1.29, 1.82) is 0 Å². The summed E-state index contributed by atoms with van der Waals surface area (Å²) in [5, 5.41) is 14.4. The topological polar surface area (TPSA) is 50.9 Å². The maximum atomic E-state index is 8.89. The molecule has 5 heteroatoms. The molecule has 0 bridgehead atoms. The normalized spacial score (nSPS) is 11.1. The van der Waals surface area contributed by atoms with E-state index in [0.29, 0.717) is 11.6 Å². The van der Waals surface area contributed by atoms with E-state index >= 15 is 0 Å². The van der Waals surface area contributed by atoms with Crippen molar-refractivity contribution >= 4 is 22.5 Å². The van der Waals surface area contributed by atoms with Crippen molar-refractivity contribution in [3.05, 3.63) is 23.1 Å². The van der Waals surface area contributed by atoms with Crippen molar-refractivity contribution in [2.45, 2.75) is 6.42 Å². The van der Waals surface area contributed by atoms with Gasteiger partial charge in [0.15, 0.2) is 0 Å². The van der Waals surface area contributed by atoms with Gasteiger partial charge in [-0.1, -0.05) is 11.6 Å². The molecule has 0 atom stereocenters. The van der Waals surface area contributed by atoms with Gasteiger partial charge in [-0.2, -0.15) is 5.10 Å². The van der Waals surface area contributed by atoms with Crippen molar-refractivity contribution in [2.24, 2.45) is 7.05 Å². The van der Waals surface area contributed by atoms with Crippen LogP contribution in [0.15, 0.2) is 12.3 Å². The minimum absolute atomic E-state index is 0.0631. The summed E-state index contributed by atoms with van der Waals surface area (Å²) in [6, 6.07) is 1.77. The number of halogens is 1. The molecular formula is C9H10ClN3O. The molecule has 14 heavy (non-hydrogen) atoms. The zero-order valence-electron chi connectivity index (χ0n) is 7.74. The number of hydrogen-bond donors (Lipinski definition) is 1. The molecular weight excluding hydrogens is 202 g/mol. The summed E-state index contributed by atoms with van der Waals surface area (Å²) in [4.78, 5) is 4.17. The van der Waals surface area contributed by atoms with Crippen LogP contribution in [0.3, 0.4) is 0 Å². The molecule has 0 saturated heterocycles. The van der Waals surface area contributed by atoms with Crippen LogP contribution in [-0.4, -0.2) is 26.5 Å². The molecule has 0 aliphatic heterocycles. The van der Waals surface area contributed by atoms with E-state index in [1.807, 2.05) is 7.05 Å². The molecule has 0 radical (unpaired) electrons. The Kier molecular flexibility index (Phi) is 2.39. The number of nitrogens with zero attached hydrogens (tertiary/aromatic N) is 3. The van der Waals surface area contributed by atoms with Gasteiger partial charge < -0.3 is 5.11 Å². The molecule has 1 N–H and O–H groups in total. The van der Waals surface area contributed by atoms with Gasteiger partial charge in [-0.15, -0.1) is 0 Å². The summed E-state index contributed by atoms with van der Waals surface area (Å²) in [5.74, 6) is 0. The molecule has 0 aromatic carbocycles. The molecule has 0 aliphatic carbocycles. The summed E-state index contributed by atoms with van der Waals surface area (Å²) in [5.41, 5.74) is 1.72. The second-order valence-electron chi connectivity index (χ2n) is 3.07. The fourth-order valence-corrected chi connectivity index (χ4v) is 1.76. The van der Waals surface area contributed by atoms with Gasteiger partial charge in [0, 0.05) is 25.5 Å². The average Bonchev–Trinajstić information content (AvgIpc) is 2.48. The molecule has 2 aromatic heterocycles. The van der Waals surface area contributed by atoms with Gasteiger partial charge in [0.1, 0.15) is 5.15 Å². The van der Waals surface area contributed by atoms with E-state index in [2.05, 4.69) is 10.1 Å². The Labute approximate surface area is 86.1 Å². The molecule has 2 aromatic rings. The van der Waals surface area contributed by atoms with Gasteiger partial charge >= 0.3 is 0 Å². The molecule has 0 saturated carbocycles. The van der Waals surface area contributed by atoms with E-state index in [0.717, 1.165) is 16.6 Å². The highest BCUT2D eigenvalue weighted by Crippen LogP contribution is 2.20. The standard InChI is InChI=1S/C9H10ClN3O/c1-13-9-6(5-11-13)4-8(10)12-7(9)2-3-14/h4-5,14H,2-3H2,1H3. The Morgan fingerprint density at radius 3 is 3.07 bits per heavy atom. The van der Waals surface area contributed by atoms with Crippen LogP contribution < -0.4 is 0 Å². The molecule has 0 unspecified atom stereocenters. The van der Waals surface area contributed by atoms with Gasteiger partial charge in [-0.25, -0.2) is 4.98 Å². The maximum absolute atomic E-state index is 8.89. The SMILES string of the molecule is Cn1ncc2cc(Cl)nc(CCO)c21. The lowest BCUT2D eigenvalue weighted by Gasteiger charge is -2.02. The first-order valence-electron chi connectivity index (χ1n) is 4.30. The van der Waals surface area contributed by atoms with Crippen molar-refractivity contribution in [2.75, 3.05) is 6.61 Å². The number of aliphatic hydroxyl groups is 1. The van der Waals surface area contributed by atoms with E-state index in [1.54, 1.807) is 16.9 Å². The lowest BCUT2D eigenvalue weighted by molar-refractivity contribution is 0.298. The highest BCUT2D eigenvalue weighted by molar-refractivity contribution is 6.30. The van der Waals surface area contributed by atoms with Crippen molar-refractivity contribution in [3.63, 3.8) is 0 Å². The first-order chi connectivity index (χ1) is 6.72. The second kappa shape index (κ2) is 3.55. The van der Waals surface area contributed by atoms with Gasteiger partial charge in [0.2, 0.25) is 0 Å². The minimum atomic E-state index is 0.0631. The van der Waals surface area contributed by atoms with Crippen LogP contribution in [0.4, 0.5) is 0 Å². The number of aliphatic hydroxyl groups excluding tert-OH is 1. The van der Waals surface area contributed by atoms with E-state index in [9.17, 15) is 0 Å². The van der Waals surface area contributed by atoms with Crippen LogP contribution in [0.25, 0.3) is 10.9 Å².